The molecule has 0 radical (unpaired) electrons. The van der Waals surface area contributed by atoms with Gasteiger partial charge in [-0.15, -0.1) is 0 Å². The average molecular weight is 281 g/mol. The molecule has 0 bridgehead atoms. The highest BCUT2D eigenvalue weighted by molar-refractivity contribution is 6.30. The number of benzene rings is 1. The van der Waals surface area contributed by atoms with Gasteiger partial charge in [0.05, 0.1) is 0 Å². The van der Waals surface area contributed by atoms with Crippen molar-refractivity contribution in [2.45, 2.75) is 31.9 Å². The van der Waals surface area contributed by atoms with E-state index in [9.17, 15) is 0 Å². The molecule has 3 rings (SSSR count). The van der Waals surface area contributed by atoms with Crippen LogP contribution in [0.15, 0.2) is 18.2 Å². The minimum absolute atomic E-state index is 0.259. The monoisotopic (exact) mass is 280 g/mol. The van der Waals surface area contributed by atoms with Gasteiger partial charge in [-0.1, -0.05) is 18.5 Å². The summed E-state index contributed by atoms with van der Waals surface area (Å²) in [5.74, 6) is 1.57. The molecule has 3 nitrogen and oxygen atoms in total. The van der Waals surface area contributed by atoms with E-state index in [-0.39, 0.29) is 6.10 Å². The summed E-state index contributed by atoms with van der Waals surface area (Å²) in [7, 11) is 0. The van der Waals surface area contributed by atoms with Crippen LogP contribution in [0.2, 0.25) is 5.02 Å². The molecule has 0 spiro atoms. The Labute approximate surface area is 119 Å². The smallest absolute Gasteiger partial charge is 0.123 e. The molecule has 2 N–H and O–H groups in total. The molecule has 1 aromatic carbocycles. The van der Waals surface area contributed by atoms with Gasteiger partial charge in [0.25, 0.3) is 0 Å². The summed E-state index contributed by atoms with van der Waals surface area (Å²) in [4.78, 5) is 2.48. The molecular weight excluding hydrogens is 260 g/mol. The van der Waals surface area contributed by atoms with Crippen LogP contribution in [0, 0.1) is 5.92 Å². The van der Waals surface area contributed by atoms with Crippen LogP contribution in [0.3, 0.4) is 0 Å². The average Bonchev–Trinajstić information content (AvgIpc) is 2.75. The SMILES string of the molecule is CC1CN(CC2Cc3cc(Cl)ccc3O2)CCC1N. The van der Waals surface area contributed by atoms with E-state index in [4.69, 9.17) is 22.1 Å². The van der Waals surface area contributed by atoms with Crippen LogP contribution in [0.4, 0.5) is 0 Å². The van der Waals surface area contributed by atoms with E-state index in [0.717, 1.165) is 43.2 Å². The second-order valence-electron chi connectivity index (χ2n) is 5.89. The highest BCUT2D eigenvalue weighted by Gasteiger charge is 2.28. The number of hydrogen-bond donors (Lipinski definition) is 1. The second kappa shape index (κ2) is 5.31. The van der Waals surface area contributed by atoms with Crippen LogP contribution >= 0.6 is 11.6 Å². The Morgan fingerprint density at radius 1 is 1.47 bits per heavy atom. The van der Waals surface area contributed by atoms with E-state index >= 15 is 0 Å². The molecule has 2 heterocycles. The van der Waals surface area contributed by atoms with Crippen LogP contribution in [0.25, 0.3) is 0 Å². The fourth-order valence-corrected chi connectivity index (χ4v) is 3.29. The normalized spacial score (nSPS) is 31.0. The van der Waals surface area contributed by atoms with Gasteiger partial charge < -0.3 is 10.5 Å². The van der Waals surface area contributed by atoms with Gasteiger partial charge in [0, 0.05) is 30.6 Å². The zero-order chi connectivity index (χ0) is 13.4. The van der Waals surface area contributed by atoms with Gasteiger partial charge >= 0.3 is 0 Å². The molecule has 3 unspecified atom stereocenters. The first kappa shape index (κ1) is 13.2. The minimum Gasteiger partial charge on any atom is -0.488 e. The lowest BCUT2D eigenvalue weighted by atomic mass is 9.94. The summed E-state index contributed by atoms with van der Waals surface area (Å²) >= 11 is 6.02. The third kappa shape index (κ3) is 2.88. The van der Waals surface area contributed by atoms with E-state index in [1.165, 1.54) is 5.56 Å². The number of halogens is 1. The first-order valence-electron chi connectivity index (χ1n) is 7.05. The molecule has 2 aliphatic rings. The molecule has 1 aromatic rings. The van der Waals surface area contributed by atoms with Crippen molar-refractivity contribution in [1.82, 2.24) is 4.90 Å². The molecule has 104 valence electrons. The number of nitrogens with zero attached hydrogens (tertiary/aromatic N) is 1. The molecule has 0 amide bonds. The lowest BCUT2D eigenvalue weighted by Crippen LogP contribution is -2.48. The first-order valence-corrected chi connectivity index (χ1v) is 7.42. The second-order valence-corrected chi connectivity index (χ2v) is 6.32. The number of piperidine rings is 1. The van der Waals surface area contributed by atoms with Gasteiger partial charge in [-0.3, -0.25) is 4.90 Å². The van der Waals surface area contributed by atoms with Gasteiger partial charge in [-0.2, -0.15) is 0 Å². The van der Waals surface area contributed by atoms with Crippen LogP contribution in [0.1, 0.15) is 18.9 Å². The lowest BCUT2D eigenvalue weighted by Gasteiger charge is -2.36. The molecule has 0 aromatic heterocycles. The molecule has 0 aliphatic carbocycles. The molecule has 1 fully saturated rings. The maximum absolute atomic E-state index is 6.06. The van der Waals surface area contributed by atoms with E-state index < -0.39 is 0 Å². The Morgan fingerprint density at radius 2 is 2.32 bits per heavy atom. The van der Waals surface area contributed by atoms with Gasteiger partial charge in [0.15, 0.2) is 0 Å². The van der Waals surface area contributed by atoms with E-state index in [1.54, 1.807) is 0 Å². The Balaban J connectivity index is 1.59. The van der Waals surface area contributed by atoms with E-state index in [0.29, 0.717) is 12.0 Å². The molecule has 4 heteroatoms. The predicted molar refractivity (Wildman–Crippen MR) is 77.8 cm³/mol. The molecule has 3 atom stereocenters. The van der Waals surface area contributed by atoms with Crippen molar-refractivity contribution in [2.24, 2.45) is 11.7 Å². The number of rotatable bonds is 2. The molecular formula is C15H21ClN2O. The van der Waals surface area contributed by atoms with Crippen LogP contribution in [-0.2, 0) is 6.42 Å². The Hall–Kier alpha value is -0.770. The molecule has 0 saturated carbocycles. The van der Waals surface area contributed by atoms with Crippen molar-refractivity contribution in [1.29, 1.82) is 0 Å². The van der Waals surface area contributed by atoms with E-state index in [1.807, 2.05) is 18.2 Å². The quantitative estimate of drug-likeness (QED) is 0.904. The first-order chi connectivity index (χ1) is 9.11. The summed E-state index contributed by atoms with van der Waals surface area (Å²) in [5.41, 5.74) is 7.30. The molecule has 2 aliphatic heterocycles. The fraction of sp³-hybridized carbons (Fsp3) is 0.600. The summed E-state index contributed by atoms with van der Waals surface area (Å²) < 4.78 is 6.00. The highest BCUT2D eigenvalue weighted by Crippen LogP contribution is 2.31. The standard InChI is InChI=1S/C15H21ClN2O/c1-10-8-18(5-4-14(10)17)9-13-7-11-6-12(16)2-3-15(11)19-13/h2-3,6,10,13-14H,4-5,7-9,17H2,1H3. The van der Waals surface area contributed by atoms with Gasteiger partial charge in [0.2, 0.25) is 0 Å². The summed E-state index contributed by atoms with van der Waals surface area (Å²) in [6.07, 6.45) is 2.31. The third-order valence-electron chi connectivity index (χ3n) is 4.28. The third-order valence-corrected chi connectivity index (χ3v) is 4.52. The number of hydrogen-bond acceptors (Lipinski definition) is 3. The number of ether oxygens (including phenoxy) is 1. The summed E-state index contributed by atoms with van der Waals surface area (Å²) in [5, 5.41) is 0.792. The van der Waals surface area contributed by atoms with Crippen molar-refractivity contribution in [3.8, 4) is 5.75 Å². The van der Waals surface area contributed by atoms with Crippen LogP contribution in [-0.4, -0.2) is 36.7 Å². The maximum atomic E-state index is 6.06. The van der Waals surface area contributed by atoms with E-state index in [2.05, 4.69) is 11.8 Å². The minimum atomic E-state index is 0.259. The number of nitrogens with two attached hydrogens (primary N) is 1. The topological polar surface area (TPSA) is 38.5 Å². The Morgan fingerprint density at radius 3 is 3.11 bits per heavy atom. The van der Waals surface area contributed by atoms with Crippen LogP contribution in [0.5, 0.6) is 5.75 Å². The number of fused-ring (bicyclic) bond motifs is 1. The maximum Gasteiger partial charge on any atom is 0.123 e. The fourth-order valence-electron chi connectivity index (χ4n) is 3.09. The zero-order valence-electron chi connectivity index (χ0n) is 11.3. The Bertz CT molecular complexity index is 465. The van der Waals surface area contributed by atoms with Crippen molar-refractivity contribution in [3.05, 3.63) is 28.8 Å². The summed E-state index contributed by atoms with van der Waals surface area (Å²) in [6, 6.07) is 6.25. The highest BCUT2D eigenvalue weighted by atomic mass is 35.5. The molecule has 19 heavy (non-hydrogen) atoms. The van der Waals surface area contributed by atoms with Gasteiger partial charge in [-0.25, -0.2) is 0 Å². The Kier molecular flexibility index (Phi) is 3.70. The van der Waals surface area contributed by atoms with Crippen molar-refractivity contribution >= 4 is 11.6 Å². The number of likely N-dealkylation sites (tertiary alicyclic amines) is 1. The van der Waals surface area contributed by atoms with Crippen LogP contribution < -0.4 is 10.5 Å². The van der Waals surface area contributed by atoms with Crippen molar-refractivity contribution in [3.63, 3.8) is 0 Å². The summed E-state index contributed by atoms with van der Waals surface area (Å²) in [6.45, 7) is 5.39. The van der Waals surface area contributed by atoms with Gasteiger partial charge in [-0.05, 0) is 42.6 Å². The van der Waals surface area contributed by atoms with Crippen molar-refractivity contribution in [2.75, 3.05) is 19.6 Å². The lowest BCUT2D eigenvalue weighted by molar-refractivity contribution is 0.106. The molecule has 1 saturated heterocycles. The van der Waals surface area contributed by atoms with Crippen molar-refractivity contribution < 1.29 is 4.74 Å². The zero-order valence-corrected chi connectivity index (χ0v) is 12.1. The van der Waals surface area contributed by atoms with Gasteiger partial charge in [0.1, 0.15) is 11.9 Å². The largest absolute Gasteiger partial charge is 0.488 e. The predicted octanol–water partition coefficient (Wildman–Crippen LogP) is 2.31.